The van der Waals surface area contributed by atoms with Gasteiger partial charge in [0.25, 0.3) is 0 Å². The Labute approximate surface area is 339 Å². The number of rotatable bonds is 22. The van der Waals surface area contributed by atoms with Crippen molar-refractivity contribution in [3.8, 4) is 0 Å². The predicted molar refractivity (Wildman–Crippen MR) is 198 cm³/mol. The summed E-state index contributed by atoms with van der Waals surface area (Å²) < 4.78 is 12.7. The van der Waals surface area contributed by atoms with E-state index in [4.69, 9.17) is 9.47 Å². The maximum atomic E-state index is 12.9. The number of hydrogen-bond donors (Lipinski definition) is 3. The number of aliphatic carboxylic acids is 1. The van der Waals surface area contributed by atoms with E-state index in [1.807, 2.05) is 53.7 Å². The molecule has 290 valence electrons. The van der Waals surface area contributed by atoms with Crippen LogP contribution < -0.4 is 10.2 Å². The summed E-state index contributed by atoms with van der Waals surface area (Å²) in [7, 11) is 0. The van der Waals surface area contributed by atoms with Crippen LogP contribution in [0.2, 0.25) is 0 Å². The Balaban J connectivity index is 0.0000130. The molecule has 2 fully saturated rings. The van der Waals surface area contributed by atoms with Gasteiger partial charge < -0.3 is 39.8 Å². The van der Waals surface area contributed by atoms with E-state index < -0.39 is 35.5 Å². The predicted octanol–water partition coefficient (Wildman–Crippen LogP) is 4.89. The summed E-state index contributed by atoms with van der Waals surface area (Å²) in [4.78, 5) is 23.5. The van der Waals surface area contributed by atoms with Crippen LogP contribution in [0.25, 0.3) is 0 Å². The van der Waals surface area contributed by atoms with E-state index in [1.165, 1.54) is 6.08 Å². The third kappa shape index (κ3) is 15.6. The van der Waals surface area contributed by atoms with Crippen molar-refractivity contribution >= 4 is 49.5 Å². The molecule has 0 amide bonds. The molecule has 0 saturated carbocycles. The van der Waals surface area contributed by atoms with Crippen molar-refractivity contribution in [2.75, 3.05) is 0 Å². The molecule has 0 bridgehead atoms. The van der Waals surface area contributed by atoms with Crippen molar-refractivity contribution in [2.24, 2.45) is 41.4 Å². The van der Waals surface area contributed by atoms with Crippen molar-refractivity contribution < 1.29 is 44.6 Å². The number of carbonyl (C=O) groups is 2. The second-order valence-corrected chi connectivity index (χ2v) is 17.1. The Bertz CT molecular complexity index is 1130. The third-order valence-electron chi connectivity index (χ3n) is 11.9. The fourth-order valence-electron chi connectivity index (χ4n) is 8.00. The van der Waals surface area contributed by atoms with Crippen LogP contribution in [-0.4, -0.2) is 107 Å². The number of carboxylic acid groups (broad SMARTS) is 1. The molecule has 0 aromatic heterocycles. The van der Waals surface area contributed by atoms with Gasteiger partial charge in [-0.1, -0.05) is 60.6 Å². The molecule has 14 unspecified atom stereocenters. The van der Waals surface area contributed by atoms with Crippen LogP contribution in [0, 0.1) is 41.4 Å². The summed E-state index contributed by atoms with van der Waals surface area (Å²) >= 11 is 0. The first-order valence-electron chi connectivity index (χ1n) is 19.4. The average molecular weight is 747 g/mol. The molecule has 2 saturated heterocycles. The van der Waals surface area contributed by atoms with Gasteiger partial charge in [-0.2, -0.15) is 0 Å². The minimum Gasteiger partial charge on any atom is -0.875 e. The molecule has 0 radical (unpaired) electrons. The molecule has 10 heteroatoms. The maximum Gasteiger partial charge on any atom is 2.00 e. The first-order chi connectivity index (χ1) is 23.2. The van der Waals surface area contributed by atoms with Crippen molar-refractivity contribution in [2.45, 2.75) is 182 Å². The zero-order chi connectivity index (χ0) is 38.0. The van der Waals surface area contributed by atoms with Gasteiger partial charge in [0, 0.05) is 23.7 Å². The van der Waals surface area contributed by atoms with Gasteiger partial charge in [-0.05, 0) is 121 Å². The zero-order valence-corrected chi connectivity index (χ0v) is 35.6. The van der Waals surface area contributed by atoms with Crippen LogP contribution >= 0.6 is 0 Å². The molecule has 3 N–H and O–H groups in total. The van der Waals surface area contributed by atoms with Crippen LogP contribution in [0.1, 0.15) is 140 Å². The first-order valence-corrected chi connectivity index (χ1v) is 19.4. The standard InChI is InChI=1S/C41H72O9.Ca/c1-25(21-29(5)34(43)24-35(44)30(6)22-27(3)20-26(2)14-15-38(46)47)12-11-13-28(4)39(48)31(7)36(45)23-33-16-18-41(10,49-33)37-17-19-40(9,50-37)32(8)42;/h11,13,24-33,36-37,39,42-43,45,48H,12,14-23H2,1-10H3,(H,46,47);/q;+2/p-2/b13-11+,34-24-;. The first kappa shape index (κ1) is 48.5. The van der Waals surface area contributed by atoms with Crippen molar-refractivity contribution in [1.29, 1.82) is 0 Å². The largest absolute Gasteiger partial charge is 2.00 e. The fourth-order valence-corrected chi connectivity index (χ4v) is 8.00. The monoisotopic (exact) mass is 746 g/mol. The topological polar surface area (TPSA) is 159 Å². The van der Waals surface area contributed by atoms with Gasteiger partial charge in [-0.25, -0.2) is 0 Å². The SMILES string of the molecule is CC(CCC(=O)[O-])CC(C)CC(C)C(=O)/C=C(\[O-])C(C)CC(C)C/C=C/C(C)C(O)C(C)C(O)CC1CCC(C)(C2CCC(C)(C(C)O)O2)O1.[Ca+2]. The second-order valence-electron chi connectivity index (χ2n) is 17.1. The van der Waals surface area contributed by atoms with Crippen molar-refractivity contribution in [3.63, 3.8) is 0 Å². The third-order valence-corrected chi connectivity index (χ3v) is 11.9. The maximum absolute atomic E-state index is 12.9. The molecule has 2 rings (SSSR count). The van der Waals surface area contributed by atoms with Gasteiger partial charge in [-0.3, -0.25) is 4.79 Å². The average Bonchev–Trinajstić information content (AvgIpc) is 3.63. The van der Waals surface area contributed by atoms with E-state index in [0.29, 0.717) is 25.7 Å². The van der Waals surface area contributed by atoms with Gasteiger partial charge in [0.15, 0.2) is 5.78 Å². The van der Waals surface area contributed by atoms with E-state index in [1.54, 1.807) is 6.92 Å². The van der Waals surface area contributed by atoms with Crippen LogP contribution in [0.5, 0.6) is 0 Å². The van der Waals surface area contributed by atoms with Crippen molar-refractivity contribution in [3.05, 3.63) is 24.0 Å². The fraction of sp³-hybridized carbons (Fsp3) is 0.854. The number of carboxylic acids is 1. The Morgan fingerprint density at radius 1 is 0.843 bits per heavy atom. The smallest absolute Gasteiger partial charge is 0.875 e. The van der Waals surface area contributed by atoms with Crippen molar-refractivity contribution in [1.82, 2.24) is 0 Å². The molecular formula is C41H70CaO9. The van der Waals surface area contributed by atoms with E-state index in [0.717, 1.165) is 38.5 Å². The van der Waals surface area contributed by atoms with Crippen LogP contribution in [0.15, 0.2) is 24.0 Å². The van der Waals surface area contributed by atoms with E-state index in [2.05, 4.69) is 20.8 Å². The molecule has 2 aliphatic rings. The van der Waals surface area contributed by atoms with Gasteiger partial charge in [0.05, 0.1) is 41.7 Å². The number of allylic oxidation sites excluding steroid dienone is 3. The zero-order valence-electron chi connectivity index (χ0n) is 33.4. The Morgan fingerprint density at radius 2 is 1.47 bits per heavy atom. The Kier molecular flexibility index (Phi) is 21.1. The number of aliphatic hydroxyl groups excluding tert-OH is 3. The van der Waals surface area contributed by atoms with Gasteiger partial charge in [-0.15, -0.1) is 5.76 Å². The summed E-state index contributed by atoms with van der Waals surface area (Å²) in [6.45, 7) is 19.4. The second kappa shape index (κ2) is 22.1. The minimum atomic E-state index is -1.04. The van der Waals surface area contributed by atoms with Crippen LogP contribution in [-0.2, 0) is 19.1 Å². The molecule has 0 aromatic rings. The van der Waals surface area contributed by atoms with Crippen LogP contribution in [0.4, 0.5) is 0 Å². The van der Waals surface area contributed by atoms with Gasteiger partial charge in [0.2, 0.25) is 0 Å². The number of aliphatic hydroxyl groups is 3. The minimum absolute atomic E-state index is 0. The van der Waals surface area contributed by atoms with Crippen LogP contribution in [0.3, 0.4) is 0 Å². The van der Waals surface area contributed by atoms with E-state index >= 15 is 0 Å². The molecule has 14 atom stereocenters. The molecule has 9 nitrogen and oxygen atoms in total. The number of ether oxygens (including phenoxy) is 2. The molecule has 0 aromatic carbocycles. The summed E-state index contributed by atoms with van der Waals surface area (Å²) in [5.41, 5.74) is -1.02. The summed E-state index contributed by atoms with van der Waals surface area (Å²) in [6.07, 6.45) is 10.2. The number of ketones is 1. The number of hydrogen-bond acceptors (Lipinski definition) is 9. The normalized spacial score (nSPS) is 30.1. The molecule has 2 heterocycles. The van der Waals surface area contributed by atoms with Gasteiger partial charge >= 0.3 is 37.7 Å². The summed E-state index contributed by atoms with van der Waals surface area (Å²) in [6, 6.07) is 0. The summed E-state index contributed by atoms with van der Waals surface area (Å²) in [5, 5.41) is 55.9. The Morgan fingerprint density at radius 3 is 2.06 bits per heavy atom. The molecular weight excluding hydrogens is 677 g/mol. The van der Waals surface area contributed by atoms with E-state index in [-0.39, 0.29) is 109 Å². The van der Waals surface area contributed by atoms with E-state index in [9.17, 15) is 35.1 Å². The summed E-state index contributed by atoms with van der Waals surface area (Å²) in [5.74, 6) is -1.73. The number of carbonyl (C=O) groups excluding carboxylic acids is 2. The van der Waals surface area contributed by atoms with Gasteiger partial charge in [0.1, 0.15) is 0 Å². The molecule has 2 aliphatic heterocycles. The Hall–Kier alpha value is -0.520. The molecule has 51 heavy (non-hydrogen) atoms. The quantitative estimate of drug-likeness (QED) is 0.0607. The molecule has 0 spiro atoms. The molecule has 0 aliphatic carbocycles.